The molecular weight excluding hydrogens is 306 g/mol. The maximum atomic E-state index is 12.1. The largest absolute Gasteiger partial charge is 0.493 e. The summed E-state index contributed by atoms with van der Waals surface area (Å²) >= 11 is 0. The molecule has 0 atom stereocenters. The fourth-order valence-corrected chi connectivity index (χ4v) is 2.15. The molecule has 1 aromatic heterocycles. The Kier molecular flexibility index (Phi) is 5.73. The summed E-state index contributed by atoms with van der Waals surface area (Å²) in [5, 5.41) is 2.81. The maximum absolute atomic E-state index is 12.1. The van der Waals surface area contributed by atoms with Crippen molar-refractivity contribution >= 4 is 11.6 Å². The predicted octanol–water partition coefficient (Wildman–Crippen LogP) is 3.19. The molecule has 0 spiro atoms. The van der Waals surface area contributed by atoms with Crippen molar-refractivity contribution in [3.8, 4) is 17.1 Å². The first-order chi connectivity index (χ1) is 11.5. The first-order valence-electron chi connectivity index (χ1n) is 8.10. The molecule has 0 fully saturated rings. The van der Waals surface area contributed by atoms with E-state index in [9.17, 15) is 9.59 Å². The van der Waals surface area contributed by atoms with E-state index in [2.05, 4.69) is 15.3 Å². The summed E-state index contributed by atoms with van der Waals surface area (Å²) in [4.78, 5) is 30.9. The summed E-state index contributed by atoms with van der Waals surface area (Å²) < 4.78 is 5.76. The number of aromatic nitrogens is 2. The van der Waals surface area contributed by atoms with E-state index < -0.39 is 0 Å². The Balaban J connectivity index is 2.52. The van der Waals surface area contributed by atoms with Crippen LogP contribution in [0.3, 0.4) is 0 Å². The topological polar surface area (TPSA) is 84.1 Å². The monoisotopic (exact) mass is 329 g/mol. The molecule has 0 saturated heterocycles. The Labute approximate surface area is 141 Å². The minimum Gasteiger partial charge on any atom is -0.493 e. The molecule has 24 heavy (non-hydrogen) atoms. The summed E-state index contributed by atoms with van der Waals surface area (Å²) in [5.74, 6) is 0.976. The average Bonchev–Trinajstić information content (AvgIpc) is 2.57. The van der Waals surface area contributed by atoms with E-state index in [1.165, 1.54) is 0 Å². The first kappa shape index (κ1) is 17.7. The van der Waals surface area contributed by atoms with Crippen LogP contribution < -0.4 is 15.6 Å². The van der Waals surface area contributed by atoms with Crippen molar-refractivity contribution in [2.45, 2.75) is 40.5 Å². The number of carbonyl (C=O) groups excluding carboxylic acids is 1. The van der Waals surface area contributed by atoms with Gasteiger partial charge in [-0.15, -0.1) is 0 Å². The number of aromatic amines is 1. The Morgan fingerprint density at radius 2 is 2.04 bits per heavy atom. The number of aryl methyl sites for hydroxylation is 1. The summed E-state index contributed by atoms with van der Waals surface area (Å²) in [5.41, 5.74) is 2.37. The van der Waals surface area contributed by atoms with Gasteiger partial charge in [-0.2, -0.15) is 0 Å². The van der Waals surface area contributed by atoms with Crippen molar-refractivity contribution < 1.29 is 9.53 Å². The molecule has 2 rings (SSSR count). The van der Waals surface area contributed by atoms with Crippen LogP contribution in [0.25, 0.3) is 11.4 Å². The van der Waals surface area contributed by atoms with Gasteiger partial charge in [-0.1, -0.05) is 13.8 Å². The molecule has 0 aliphatic rings. The minimum atomic E-state index is -0.179. The van der Waals surface area contributed by atoms with Crippen molar-refractivity contribution in [1.82, 2.24) is 9.97 Å². The van der Waals surface area contributed by atoms with Crippen LogP contribution in [0.4, 0.5) is 5.69 Å². The van der Waals surface area contributed by atoms with Crippen LogP contribution in [-0.4, -0.2) is 22.5 Å². The number of hydrogen-bond acceptors (Lipinski definition) is 4. The van der Waals surface area contributed by atoms with Gasteiger partial charge in [0.1, 0.15) is 11.6 Å². The lowest BCUT2D eigenvalue weighted by atomic mass is 10.1. The average molecular weight is 329 g/mol. The normalized spacial score (nSPS) is 10.5. The van der Waals surface area contributed by atoms with Gasteiger partial charge < -0.3 is 15.0 Å². The Hall–Kier alpha value is -2.63. The van der Waals surface area contributed by atoms with Crippen LogP contribution in [-0.2, 0) is 4.79 Å². The SMILES string of the molecule is CCCOc1ccc(NC(=O)CC)cc1-c1nc(C)c(C)c(=O)[nH]1. The van der Waals surface area contributed by atoms with Crippen molar-refractivity contribution in [2.75, 3.05) is 11.9 Å². The number of anilines is 1. The molecule has 1 amide bonds. The number of amides is 1. The zero-order chi connectivity index (χ0) is 17.7. The lowest BCUT2D eigenvalue weighted by molar-refractivity contribution is -0.115. The fourth-order valence-electron chi connectivity index (χ4n) is 2.15. The van der Waals surface area contributed by atoms with Crippen molar-refractivity contribution in [3.63, 3.8) is 0 Å². The van der Waals surface area contributed by atoms with Crippen LogP contribution in [0.2, 0.25) is 0 Å². The van der Waals surface area contributed by atoms with Gasteiger partial charge in [0.2, 0.25) is 5.91 Å². The quantitative estimate of drug-likeness (QED) is 0.852. The molecule has 0 radical (unpaired) electrons. The summed E-state index contributed by atoms with van der Waals surface area (Å²) in [6.07, 6.45) is 1.26. The van der Waals surface area contributed by atoms with Crippen LogP contribution in [0, 0.1) is 13.8 Å². The Morgan fingerprint density at radius 3 is 2.67 bits per heavy atom. The van der Waals surface area contributed by atoms with E-state index in [1.54, 1.807) is 39.0 Å². The van der Waals surface area contributed by atoms with E-state index in [-0.39, 0.29) is 11.5 Å². The number of benzene rings is 1. The third-order valence-corrected chi connectivity index (χ3v) is 3.70. The van der Waals surface area contributed by atoms with Gasteiger partial charge in [-0.05, 0) is 38.5 Å². The smallest absolute Gasteiger partial charge is 0.254 e. The molecule has 0 unspecified atom stereocenters. The van der Waals surface area contributed by atoms with E-state index >= 15 is 0 Å². The molecule has 128 valence electrons. The molecule has 0 aliphatic heterocycles. The van der Waals surface area contributed by atoms with Crippen molar-refractivity contribution in [1.29, 1.82) is 0 Å². The maximum Gasteiger partial charge on any atom is 0.254 e. The Bertz CT molecular complexity index is 797. The zero-order valence-electron chi connectivity index (χ0n) is 14.5. The van der Waals surface area contributed by atoms with Crippen LogP contribution in [0.15, 0.2) is 23.0 Å². The number of nitrogens with zero attached hydrogens (tertiary/aromatic N) is 1. The van der Waals surface area contributed by atoms with E-state index in [0.717, 1.165) is 6.42 Å². The predicted molar refractivity (Wildman–Crippen MR) is 94.5 cm³/mol. The van der Waals surface area contributed by atoms with E-state index in [4.69, 9.17) is 4.74 Å². The highest BCUT2D eigenvalue weighted by molar-refractivity contribution is 5.91. The highest BCUT2D eigenvalue weighted by atomic mass is 16.5. The number of hydrogen-bond donors (Lipinski definition) is 2. The summed E-state index contributed by atoms with van der Waals surface area (Å²) in [6.45, 7) is 7.90. The van der Waals surface area contributed by atoms with Gasteiger partial charge in [-0.3, -0.25) is 9.59 Å². The van der Waals surface area contributed by atoms with E-state index in [0.29, 0.717) is 47.1 Å². The van der Waals surface area contributed by atoms with Crippen molar-refractivity contribution in [2.24, 2.45) is 0 Å². The number of nitrogens with one attached hydrogen (secondary N) is 2. The molecule has 0 bridgehead atoms. The second-order valence-electron chi connectivity index (χ2n) is 5.59. The molecule has 0 aliphatic carbocycles. The zero-order valence-corrected chi connectivity index (χ0v) is 14.5. The lowest BCUT2D eigenvalue weighted by Gasteiger charge is -2.13. The Morgan fingerprint density at radius 1 is 1.29 bits per heavy atom. The molecular formula is C18H23N3O3. The summed E-state index contributed by atoms with van der Waals surface area (Å²) in [7, 11) is 0. The second-order valence-corrected chi connectivity index (χ2v) is 5.59. The molecule has 1 heterocycles. The molecule has 1 aromatic carbocycles. The van der Waals surface area contributed by atoms with Crippen LogP contribution in [0.1, 0.15) is 37.9 Å². The van der Waals surface area contributed by atoms with Gasteiger partial charge in [0.25, 0.3) is 5.56 Å². The lowest BCUT2D eigenvalue weighted by Crippen LogP contribution is -2.15. The van der Waals surface area contributed by atoms with Crippen LogP contribution in [0.5, 0.6) is 5.75 Å². The second kappa shape index (κ2) is 7.77. The third kappa shape index (κ3) is 4.01. The van der Waals surface area contributed by atoms with Gasteiger partial charge in [-0.25, -0.2) is 4.98 Å². The minimum absolute atomic E-state index is 0.0790. The number of rotatable bonds is 6. The highest BCUT2D eigenvalue weighted by Gasteiger charge is 2.13. The molecule has 2 N–H and O–H groups in total. The van der Waals surface area contributed by atoms with Gasteiger partial charge in [0.05, 0.1) is 12.2 Å². The molecule has 6 nitrogen and oxygen atoms in total. The highest BCUT2D eigenvalue weighted by Crippen LogP contribution is 2.30. The third-order valence-electron chi connectivity index (χ3n) is 3.70. The molecule has 2 aromatic rings. The van der Waals surface area contributed by atoms with Gasteiger partial charge in [0, 0.05) is 23.4 Å². The number of ether oxygens (including phenoxy) is 1. The van der Waals surface area contributed by atoms with Crippen molar-refractivity contribution in [3.05, 3.63) is 39.8 Å². The molecule has 0 saturated carbocycles. The molecule has 6 heteroatoms. The van der Waals surface area contributed by atoms with E-state index in [1.807, 2.05) is 6.92 Å². The van der Waals surface area contributed by atoms with Gasteiger partial charge >= 0.3 is 0 Å². The van der Waals surface area contributed by atoms with Gasteiger partial charge in [0.15, 0.2) is 0 Å². The summed E-state index contributed by atoms with van der Waals surface area (Å²) in [6, 6.07) is 5.33. The number of H-pyrrole nitrogens is 1. The van der Waals surface area contributed by atoms with Crippen LogP contribution >= 0.6 is 0 Å². The number of carbonyl (C=O) groups is 1. The first-order valence-corrected chi connectivity index (χ1v) is 8.10. The fraction of sp³-hybridized carbons (Fsp3) is 0.389. The standard InChI is InChI=1S/C18H23N3O3/c1-5-9-24-15-8-7-13(20-16(22)6-2)10-14(15)17-19-12(4)11(3)18(23)21-17/h7-8,10H,5-6,9H2,1-4H3,(H,20,22)(H,19,21,23).